The van der Waals surface area contributed by atoms with Gasteiger partial charge in [0, 0.05) is 12.1 Å². The molecule has 0 spiro atoms. The highest BCUT2D eigenvalue weighted by Crippen LogP contribution is 2.32. The van der Waals surface area contributed by atoms with Gasteiger partial charge in [0.25, 0.3) is 0 Å². The fourth-order valence-electron chi connectivity index (χ4n) is 3.44. The first-order chi connectivity index (χ1) is 10.9. The Morgan fingerprint density at radius 1 is 0.955 bits per heavy atom. The maximum Gasteiger partial charge on any atom is 0.119 e. The molecule has 2 aliphatic rings. The molecule has 2 atom stereocenters. The van der Waals surface area contributed by atoms with Crippen LogP contribution in [-0.4, -0.2) is 12.1 Å². The molecule has 2 aliphatic heterocycles. The van der Waals surface area contributed by atoms with E-state index in [1.165, 1.54) is 29.5 Å². The zero-order valence-electron chi connectivity index (χ0n) is 12.7. The van der Waals surface area contributed by atoms with Gasteiger partial charge in [0.15, 0.2) is 0 Å². The molecule has 0 aromatic heterocycles. The van der Waals surface area contributed by atoms with Crippen molar-refractivity contribution in [2.24, 2.45) is 0 Å². The van der Waals surface area contributed by atoms with Crippen LogP contribution in [0, 0.1) is 0 Å². The molecule has 22 heavy (non-hydrogen) atoms. The van der Waals surface area contributed by atoms with Crippen molar-refractivity contribution in [3.05, 3.63) is 71.8 Å². The molecule has 2 bridgehead atoms. The first-order valence-electron chi connectivity index (χ1n) is 8.11. The lowest BCUT2D eigenvalue weighted by molar-refractivity contribution is 0.306. The molecule has 0 radical (unpaired) electrons. The van der Waals surface area contributed by atoms with Gasteiger partial charge in [-0.05, 0) is 48.1 Å². The van der Waals surface area contributed by atoms with Crippen molar-refractivity contribution >= 4 is 5.57 Å². The molecule has 1 fully saturated rings. The predicted octanol–water partition coefficient (Wildman–Crippen LogP) is 4.17. The van der Waals surface area contributed by atoms with Crippen LogP contribution < -0.4 is 10.1 Å². The Balaban J connectivity index is 1.42. The van der Waals surface area contributed by atoms with Crippen molar-refractivity contribution in [3.8, 4) is 5.75 Å². The molecule has 4 rings (SSSR count). The summed E-state index contributed by atoms with van der Waals surface area (Å²) in [5.74, 6) is 0.935. The number of nitrogens with one attached hydrogen (secondary N) is 1. The van der Waals surface area contributed by atoms with E-state index in [4.69, 9.17) is 4.74 Å². The second kappa shape index (κ2) is 5.98. The highest BCUT2D eigenvalue weighted by atomic mass is 16.5. The number of rotatable bonds is 4. The van der Waals surface area contributed by atoms with Gasteiger partial charge < -0.3 is 10.1 Å². The third-order valence-electron chi connectivity index (χ3n) is 4.62. The zero-order valence-corrected chi connectivity index (χ0v) is 12.7. The quantitative estimate of drug-likeness (QED) is 0.912. The minimum atomic E-state index is 0.586. The molecule has 2 heterocycles. The third-order valence-corrected chi connectivity index (χ3v) is 4.62. The monoisotopic (exact) mass is 291 g/mol. The van der Waals surface area contributed by atoms with E-state index in [0.717, 1.165) is 12.2 Å². The van der Waals surface area contributed by atoms with E-state index in [0.29, 0.717) is 18.7 Å². The van der Waals surface area contributed by atoms with Crippen LogP contribution in [0.4, 0.5) is 0 Å². The van der Waals surface area contributed by atoms with Crippen molar-refractivity contribution in [1.82, 2.24) is 5.32 Å². The summed E-state index contributed by atoms with van der Waals surface area (Å²) in [4.78, 5) is 0. The van der Waals surface area contributed by atoms with E-state index in [-0.39, 0.29) is 0 Å². The average Bonchev–Trinajstić information content (AvgIpc) is 2.92. The van der Waals surface area contributed by atoms with Crippen LogP contribution in [0.3, 0.4) is 0 Å². The lowest BCUT2D eigenvalue weighted by Crippen LogP contribution is -2.31. The standard InChI is InChI=1S/C20H21NO/c1-2-4-15(5-3-1)14-22-20-10-6-16(7-11-20)17-12-18-8-9-19(13-17)21-18/h1-7,10-12,18-19,21H,8-9,13-14H2. The number of hydrogen-bond acceptors (Lipinski definition) is 2. The summed E-state index contributed by atoms with van der Waals surface area (Å²) in [6.07, 6.45) is 6.15. The molecule has 2 aromatic carbocycles. The van der Waals surface area contributed by atoms with Gasteiger partial charge in [0.05, 0.1) is 0 Å². The molecule has 0 aliphatic carbocycles. The van der Waals surface area contributed by atoms with E-state index < -0.39 is 0 Å². The summed E-state index contributed by atoms with van der Waals surface area (Å²) in [5.41, 5.74) is 4.02. The molecule has 1 N–H and O–H groups in total. The van der Waals surface area contributed by atoms with Crippen LogP contribution in [0.5, 0.6) is 5.75 Å². The van der Waals surface area contributed by atoms with Crippen molar-refractivity contribution in [2.45, 2.75) is 38.0 Å². The Hall–Kier alpha value is -2.06. The average molecular weight is 291 g/mol. The number of ether oxygens (including phenoxy) is 1. The molecule has 2 unspecified atom stereocenters. The lowest BCUT2D eigenvalue weighted by atomic mass is 9.96. The van der Waals surface area contributed by atoms with Crippen molar-refractivity contribution in [2.75, 3.05) is 0 Å². The molecular weight excluding hydrogens is 270 g/mol. The van der Waals surface area contributed by atoms with Crippen LogP contribution >= 0.6 is 0 Å². The lowest BCUT2D eigenvalue weighted by Gasteiger charge is -2.21. The van der Waals surface area contributed by atoms with Gasteiger partial charge in [-0.25, -0.2) is 0 Å². The Morgan fingerprint density at radius 2 is 1.77 bits per heavy atom. The Morgan fingerprint density at radius 3 is 2.55 bits per heavy atom. The molecule has 0 saturated carbocycles. The summed E-state index contributed by atoms with van der Waals surface area (Å²) >= 11 is 0. The Labute approximate surface area is 131 Å². The zero-order chi connectivity index (χ0) is 14.8. The van der Waals surface area contributed by atoms with Crippen LogP contribution in [-0.2, 0) is 6.61 Å². The maximum absolute atomic E-state index is 5.86. The van der Waals surface area contributed by atoms with Crippen molar-refractivity contribution < 1.29 is 4.74 Å². The Bertz CT molecular complexity index is 660. The predicted molar refractivity (Wildman–Crippen MR) is 89.8 cm³/mol. The number of hydrogen-bond donors (Lipinski definition) is 1. The number of fused-ring (bicyclic) bond motifs is 2. The molecule has 2 aromatic rings. The van der Waals surface area contributed by atoms with Gasteiger partial charge >= 0.3 is 0 Å². The fraction of sp³-hybridized carbons (Fsp3) is 0.300. The second-order valence-electron chi connectivity index (χ2n) is 6.24. The van der Waals surface area contributed by atoms with Crippen LogP contribution in [0.25, 0.3) is 5.57 Å². The first-order valence-corrected chi connectivity index (χ1v) is 8.11. The van der Waals surface area contributed by atoms with Crippen molar-refractivity contribution in [3.63, 3.8) is 0 Å². The first kappa shape index (κ1) is 13.6. The normalized spacial score (nSPS) is 23.2. The number of benzene rings is 2. The SMILES string of the molecule is C1=C(c2ccc(OCc3ccccc3)cc2)CC2CCC1N2. The van der Waals surface area contributed by atoms with E-state index in [9.17, 15) is 0 Å². The van der Waals surface area contributed by atoms with Crippen molar-refractivity contribution in [1.29, 1.82) is 0 Å². The summed E-state index contributed by atoms with van der Waals surface area (Å²) in [6.45, 7) is 0.622. The molecule has 2 nitrogen and oxygen atoms in total. The van der Waals surface area contributed by atoms with E-state index in [1.807, 2.05) is 18.2 Å². The fourth-order valence-corrected chi connectivity index (χ4v) is 3.44. The summed E-state index contributed by atoms with van der Waals surface area (Å²) in [7, 11) is 0. The van der Waals surface area contributed by atoms with E-state index >= 15 is 0 Å². The van der Waals surface area contributed by atoms with Gasteiger partial charge in [-0.15, -0.1) is 0 Å². The molecule has 2 heteroatoms. The van der Waals surface area contributed by atoms with Gasteiger partial charge in [-0.2, -0.15) is 0 Å². The van der Waals surface area contributed by atoms with Gasteiger partial charge in [-0.3, -0.25) is 0 Å². The Kier molecular flexibility index (Phi) is 3.69. The molecule has 112 valence electrons. The minimum absolute atomic E-state index is 0.586. The maximum atomic E-state index is 5.86. The third kappa shape index (κ3) is 2.93. The summed E-state index contributed by atoms with van der Waals surface area (Å²) in [6, 6.07) is 20.1. The van der Waals surface area contributed by atoms with Crippen LogP contribution in [0.15, 0.2) is 60.7 Å². The highest BCUT2D eigenvalue weighted by molar-refractivity contribution is 5.68. The molecule has 0 amide bonds. The van der Waals surface area contributed by atoms with Crippen LogP contribution in [0.1, 0.15) is 30.4 Å². The largest absolute Gasteiger partial charge is 0.489 e. The summed E-state index contributed by atoms with van der Waals surface area (Å²) < 4.78 is 5.86. The van der Waals surface area contributed by atoms with E-state index in [1.54, 1.807) is 0 Å². The van der Waals surface area contributed by atoms with Gasteiger partial charge in [-0.1, -0.05) is 48.5 Å². The second-order valence-corrected chi connectivity index (χ2v) is 6.24. The van der Waals surface area contributed by atoms with E-state index in [2.05, 4.69) is 47.8 Å². The topological polar surface area (TPSA) is 21.3 Å². The summed E-state index contributed by atoms with van der Waals surface area (Å²) in [5, 5.41) is 3.64. The van der Waals surface area contributed by atoms with Crippen LogP contribution in [0.2, 0.25) is 0 Å². The van der Waals surface area contributed by atoms with Gasteiger partial charge in [0.2, 0.25) is 0 Å². The molecular formula is C20H21NO. The highest BCUT2D eigenvalue weighted by Gasteiger charge is 2.28. The smallest absolute Gasteiger partial charge is 0.119 e. The van der Waals surface area contributed by atoms with Gasteiger partial charge in [0.1, 0.15) is 12.4 Å². The molecule has 1 saturated heterocycles. The minimum Gasteiger partial charge on any atom is -0.489 e.